The highest BCUT2D eigenvalue weighted by Gasteiger charge is 2.22. The van der Waals surface area contributed by atoms with Crippen molar-refractivity contribution >= 4 is 52.2 Å². The third-order valence-electron chi connectivity index (χ3n) is 3.26. The first kappa shape index (κ1) is 18.4. The summed E-state index contributed by atoms with van der Waals surface area (Å²) in [6, 6.07) is 2.39. The molecule has 2 amide bonds. The van der Waals surface area contributed by atoms with Crippen molar-refractivity contribution < 1.29 is 14.5 Å². The Morgan fingerprint density at radius 3 is 2.04 bits per heavy atom. The van der Waals surface area contributed by atoms with E-state index < -0.39 is 22.4 Å². The minimum Gasteiger partial charge on any atom is -0.306 e. The molecule has 0 aliphatic carbocycles. The fraction of sp³-hybridized carbons (Fsp3) is 0.154. The molecular weight excluding hydrogens is 396 g/mol. The summed E-state index contributed by atoms with van der Waals surface area (Å²) in [5, 5.41) is 23.5. The summed E-state index contributed by atoms with van der Waals surface area (Å²) in [5.41, 5.74) is 0.408. The molecule has 3 rings (SSSR count). The Morgan fingerprint density at radius 2 is 1.56 bits per heavy atom. The molecule has 0 bridgehead atoms. The van der Waals surface area contributed by atoms with Crippen LogP contribution in [0.4, 0.5) is 17.3 Å². The molecule has 3 aromatic rings. The quantitative estimate of drug-likeness (QED) is 0.474. The normalized spacial score (nSPS) is 10.4. The molecule has 0 aliphatic heterocycles. The number of nitrogens with zero attached hydrogens (tertiary/aromatic N) is 6. The van der Waals surface area contributed by atoms with Gasteiger partial charge in [0.1, 0.15) is 15.6 Å². The number of rotatable bonds is 5. The number of nitro groups is 1. The predicted molar refractivity (Wildman–Crippen MR) is 96.1 cm³/mol. The number of hydrogen-bond acceptors (Lipinski definition) is 11. The molecule has 0 unspecified atom stereocenters. The number of nitrogens with one attached hydrogen (secondary N) is 2. The monoisotopic (exact) mass is 406 g/mol. The number of carbonyl (C=O) groups excluding carboxylic acids is 2. The van der Waals surface area contributed by atoms with Crippen molar-refractivity contribution in [3.05, 3.63) is 43.4 Å². The van der Waals surface area contributed by atoms with E-state index in [0.29, 0.717) is 11.4 Å². The zero-order valence-corrected chi connectivity index (χ0v) is 15.4. The molecule has 0 atom stereocenters. The molecular formula is C13H10N8O4S2. The Kier molecular flexibility index (Phi) is 5.09. The third-order valence-corrected chi connectivity index (χ3v) is 4.91. The molecule has 0 aliphatic rings. The van der Waals surface area contributed by atoms with Crippen LogP contribution in [-0.4, -0.2) is 40.9 Å². The van der Waals surface area contributed by atoms with Gasteiger partial charge in [0.2, 0.25) is 5.82 Å². The first-order valence-corrected chi connectivity index (χ1v) is 8.77. The molecule has 12 nitrogen and oxygen atoms in total. The number of amides is 2. The van der Waals surface area contributed by atoms with E-state index >= 15 is 0 Å². The zero-order valence-electron chi connectivity index (χ0n) is 13.8. The summed E-state index contributed by atoms with van der Waals surface area (Å²) in [6.45, 7) is 3.21. The second-order valence-electron chi connectivity index (χ2n) is 5.10. The minimum atomic E-state index is -0.691. The highest BCUT2D eigenvalue weighted by Crippen LogP contribution is 2.25. The van der Waals surface area contributed by atoms with Crippen LogP contribution in [0.1, 0.15) is 30.7 Å². The zero-order chi connectivity index (χ0) is 19.6. The molecule has 0 saturated carbocycles. The van der Waals surface area contributed by atoms with Gasteiger partial charge in [-0.1, -0.05) is 8.98 Å². The largest absolute Gasteiger partial charge is 0.311 e. The lowest BCUT2D eigenvalue weighted by molar-refractivity contribution is -0.384. The lowest BCUT2D eigenvalue weighted by atomic mass is 10.3. The lowest BCUT2D eigenvalue weighted by Gasteiger charge is -2.07. The molecule has 14 heteroatoms. The first-order chi connectivity index (χ1) is 12.9. The van der Waals surface area contributed by atoms with Gasteiger partial charge in [-0.05, 0) is 43.0 Å². The fourth-order valence-electron chi connectivity index (χ4n) is 1.98. The van der Waals surface area contributed by atoms with E-state index in [9.17, 15) is 19.7 Å². The van der Waals surface area contributed by atoms with Gasteiger partial charge in [0.05, 0.1) is 16.3 Å². The lowest BCUT2D eigenvalue weighted by Crippen LogP contribution is -2.17. The Balaban J connectivity index is 1.88. The Hall–Kier alpha value is -3.39. The highest BCUT2D eigenvalue weighted by atomic mass is 32.1. The number of pyridine rings is 1. The van der Waals surface area contributed by atoms with Crippen LogP contribution in [-0.2, 0) is 0 Å². The topological polar surface area (TPSA) is 166 Å². The van der Waals surface area contributed by atoms with Crippen molar-refractivity contribution in [1.29, 1.82) is 0 Å². The average Bonchev–Trinajstić information content (AvgIpc) is 3.23. The summed E-state index contributed by atoms with van der Waals surface area (Å²) in [5.74, 6) is -1.43. The Labute approximate surface area is 159 Å². The maximum Gasteiger partial charge on any atom is 0.311 e. The van der Waals surface area contributed by atoms with Crippen LogP contribution in [0.5, 0.6) is 0 Å². The van der Waals surface area contributed by atoms with E-state index in [1.807, 2.05) is 0 Å². The van der Waals surface area contributed by atoms with E-state index in [1.54, 1.807) is 13.8 Å². The Bertz CT molecular complexity index is 1050. The van der Waals surface area contributed by atoms with E-state index in [-0.39, 0.29) is 21.4 Å². The van der Waals surface area contributed by atoms with Gasteiger partial charge in [-0.15, -0.1) is 10.2 Å². The minimum absolute atomic E-state index is 0.0212. The van der Waals surface area contributed by atoms with Gasteiger partial charge >= 0.3 is 5.69 Å². The van der Waals surface area contributed by atoms with Crippen molar-refractivity contribution in [3.63, 3.8) is 0 Å². The van der Waals surface area contributed by atoms with E-state index in [4.69, 9.17) is 0 Å². The molecule has 0 radical (unpaired) electrons. The number of anilines is 2. The molecule has 3 heterocycles. The van der Waals surface area contributed by atoms with E-state index in [1.165, 1.54) is 6.07 Å². The summed E-state index contributed by atoms with van der Waals surface area (Å²) in [4.78, 5) is 39.5. The van der Waals surface area contributed by atoms with Crippen molar-refractivity contribution in [3.8, 4) is 0 Å². The smallest absolute Gasteiger partial charge is 0.306 e. The predicted octanol–water partition coefficient (Wildman–Crippen LogP) is 1.81. The second-order valence-corrected chi connectivity index (χ2v) is 6.61. The van der Waals surface area contributed by atoms with Gasteiger partial charge < -0.3 is 5.32 Å². The molecule has 27 heavy (non-hydrogen) atoms. The van der Waals surface area contributed by atoms with Crippen molar-refractivity contribution in [1.82, 2.24) is 24.2 Å². The second kappa shape index (κ2) is 7.46. The number of aromatic nitrogens is 5. The number of aryl methyl sites for hydroxylation is 2. The van der Waals surface area contributed by atoms with E-state index in [0.717, 1.165) is 29.1 Å². The maximum atomic E-state index is 12.3. The SMILES string of the molecule is Cc1nnsc1C(=O)Nc1ccc([N+](=O)[O-])c(NC(=O)c2snnc2C)n1. The van der Waals surface area contributed by atoms with Crippen LogP contribution in [0, 0.1) is 24.0 Å². The molecule has 138 valence electrons. The maximum absolute atomic E-state index is 12.3. The van der Waals surface area contributed by atoms with Gasteiger partial charge in [0, 0.05) is 6.07 Å². The number of hydrogen-bond donors (Lipinski definition) is 2. The molecule has 2 N–H and O–H groups in total. The van der Waals surface area contributed by atoms with Crippen LogP contribution in [0.2, 0.25) is 0 Å². The number of carbonyl (C=O) groups is 2. The van der Waals surface area contributed by atoms with Crippen LogP contribution >= 0.6 is 23.1 Å². The first-order valence-electron chi connectivity index (χ1n) is 7.23. The molecule has 0 aromatic carbocycles. The molecule has 0 saturated heterocycles. The molecule has 3 aromatic heterocycles. The van der Waals surface area contributed by atoms with Gasteiger partial charge in [-0.25, -0.2) is 4.98 Å². The van der Waals surface area contributed by atoms with Crippen LogP contribution in [0.3, 0.4) is 0 Å². The fourth-order valence-corrected chi connectivity index (χ4v) is 3.08. The highest BCUT2D eigenvalue weighted by molar-refractivity contribution is 7.08. The summed E-state index contributed by atoms with van der Waals surface area (Å²) in [6.07, 6.45) is 0. The average molecular weight is 406 g/mol. The van der Waals surface area contributed by atoms with Gasteiger partial charge in [-0.2, -0.15) is 0 Å². The molecule has 0 spiro atoms. The summed E-state index contributed by atoms with van der Waals surface area (Å²) < 4.78 is 7.31. The molecule has 0 fully saturated rings. The van der Waals surface area contributed by atoms with Crippen molar-refractivity contribution in [2.45, 2.75) is 13.8 Å². The van der Waals surface area contributed by atoms with Crippen LogP contribution < -0.4 is 10.6 Å². The van der Waals surface area contributed by atoms with Gasteiger partial charge in [0.15, 0.2) is 0 Å². The Morgan fingerprint density at radius 1 is 1.00 bits per heavy atom. The van der Waals surface area contributed by atoms with Crippen molar-refractivity contribution in [2.24, 2.45) is 0 Å². The van der Waals surface area contributed by atoms with Crippen molar-refractivity contribution in [2.75, 3.05) is 10.6 Å². The van der Waals surface area contributed by atoms with Gasteiger partial charge in [0.25, 0.3) is 11.8 Å². The van der Waals surface area contributed by atoms with Crippen LogP contribution in [0.25, 0.3) is 0 Å². The van der Waals surface area contributed by atoms with E-state index in [2.05, 4.69) is 34.8 Å². The summed E-state index contributed by atoms with van der Waals surface area (Å²) in [7, 11) is 0. The van der Waals surface area contributed by atoms with Gasteiger partial charge in [-0.3, -0.25) is 25.0 Å². The summed E-state index contributed by atoms with van der Waals surface area (Å²) >= 11 is 1.76. The standard InChI is InChI=1S/C13H10N8O4S2/c1-5-9(26-19-17-5)12(22)15-8-4-3-7(21(24)25)11(14-8)16-13(23)10-6(2)18-20-27-10/h3-4H,1-2H3,(H2,14,15,16,22,23). The third kappa shape index (κ3) is 3.90. The van der Waals surface area contributed by atoms with Crippen LogP contribution in [0.15, 0.2) is 12.1 Å².